The SMILES string of the molecule is COC(=O)[C@H](CSSC[C@H](NC(=O)OCc1ccccc1)C(=O)OC)NC(=O)OCc1ccccc1. The van der Waals surface area contributed by atoms with Gasteiger partial charge in [0.05, 0.1) is 14.2 Å². The smallest absolute Gasteiger partial charge is 0.408 e. The molecule has 0 saturated heterocycles. The van der Waals surface area contributed by atoms with Crippen LogP contribution in [0.3, 0.4) is 0 Å². The molecule has 0 aromatic heterocycles. The third-order valence-electron chi connectivity index (χ3n) is 4.53. The molecular formula is C24H28N2O8S2. The van der Waals surface area contributed by atoms with Crippen LogP contribution in [0.25, 0.3) is 0 Å². The quantitative estimate of drug-likeness (QED) is 0.170. The van der Waals surface area contributed by atoms with Gasteiger partial charge in [-0.05, 0) is 11.1 Å². The lowest BCUT2D eigenvalue weighted by molar-refractivity contribution is -0.143. The fraction of sp³-hybridized carbons (Fsp3) is 0.333. The van der Waals surface area contributed by atoms with Gasteiger partial charge >= 0.3 is 24.1 Å². The molecule has 0 heterocycles. The molecule has 0 spiro atoms. The Morgan fingerprint density at radius 2 is 1.03 bits per heavy atom. The van der Waals surface area contributed by atoms with Crippen LogP contribution in [-0.2, 0) is 41.8 Å². The third-order valence-corrected chi connectivity index (χ3v) is 6.96. The monoisotopic (exact) mass is 536 g/mol. The van der Waals surface area contributed by atoms with Crippen molar-refractivity contribution in [3.8, 4) is 0 Å². The molecule has 0 aliphatic heterocycles. The van der Waals surface area contributed by atoms with E-state index in [1.165, 1.54) is 35.8 Å². The predicted molar refractivity (Wildman–Crippen MR) is 136 cm³/mol. The number of esters is 2. The van der Waals surface area contributed by atoms with Crippen LogP contribution < -0.4 is 10.6 Å². The summed E-state index contributed by atoms with van der Waals surface area (Å²) in [7, 11) is 4.82. The van der Waals surface area contributed by atoms with Crippen molar-refractivity contribution in [2.45, 2.75) is 25.3 Å². The third kappa shape index (κ3) is 10.9. The minimum Gasteiger partial charge on any atom is -0.467 e. The summed E-state index contributed by atoms with van der Waals surface area (Å²) in [6.07, 6.45) is -1.54. The number of benzene rings is 2. The zero-order valence-corrected chi connectivity index (χ0v) is 21.5. The van der Waals surface area contributed by atoms with E-state index in [2.05, 4.69) is 10.6 Å². The summed E-state index contributed by atoms with van der Waals surface area (Å²) >= 11 is 0. The topological polar surface area (TPSA) is 129 Å². The summed E-state index contributed by atoms with van der Waals surface area (Å²) < 4.78 is 19.8. The van der Waals surface area contributed by atoms with Crippen molar-refractivity contribution < 1.29 is 38.1 Å². The molecular weight excluding hydrogens is 508 g/mol. The van der Waals surface area contributed by atoms with Gasteiger partial charge in [0, 0.05) is 11.5 Å². The number of hydrogen-bond acceptors (Lipinski definition) is 10. The Balaban J connectivity index is 1.78. The fourth-order valence-corrected chi connectivity index (χ4v) is 4.97. The molecule has 2 aromatic carbocycles. The fourth-order valence-electron chi connectivity index (χ4n) is 2.67. The van der Waals surface area contributed by atoms with E-state index in [1.807, 2.05) is 36.4 Å². The molecule has 0 unspecified atom stereocenters. The Hall–Kier alpha value is -3.38. The van der Waals surface area contributed by atoms with Gasteiger partial charge in [-0.2, -0.15) is 0 Å². The second kappa shape index (κ2) is 16.3. The molecule has 0 bridgehead atoms. The minimum absolute atomic E-state index is 0.0509. The summed E-state index contributed by atoms with van der Waals surface area (Å²) in [5.74, 6) is -1.03. The van der Waals surface area contributed by atoms with Gasteiger partial charge in [0.25, 0.3) is 0 Å². The summed E-state index contributed by atoms with van der Waals surface area (Å²) in [6, 6.07) is 16.2. The lowest BCUT2D eigenvalue weighted by Gasteiger charge is -2.18. The van der Waals surface area contributed by atoms with Crippen LogP contribution in [0.2, 0.25) is 0 Å². The molecule has 12 heteroatoms. The summed E-state index contributed by atoms with van der Waals surface area (Å²) in [5.41, 5.74) is 1.60. The Kier molecular flexibility index (Phi) is 13.1. The molecule has 0 fully saturated rings. The summed E-state index contributed by atoms with van der Waals surface area (Å²) in [5, 5.41) is 4.95. The van der Waals surface area contributed by atoms with Gasteiger partial charge in [0.1, 0.15) is 25.3 Å². The van der Waals surface area contributed by atoms with Crippen molar-refractivity contribution in [1.82, 2.24) is 10.6 Å². The van der Waals surface area contributed by atoms with Gasteiger partial charge in [-0.15, -0.1) is 0 Å². The maximum absolute atomic E-state index is 12.1. The zero-order valence-electron chi connectivity index (χ0n) is 19.8. The zero-order chi connectivity index (χ0) is 26.2. The molecule has 10 nitrogen and oxygen atoms in total. The van der Waals surface area contributed by atoms with E-state index in [0.29, 0.717) is 0 Å². The van der Waals surface area contributed by atoms with E-state index in [4.69, 9.17) is 18.9 Å². The first-order valence-electron chi connectivity index (χ1n) is 10.8. The number of alkyl carbamates (subject to hydrolysis) is 2. The van der Waals surface area contributed by atoms with Crippen LogP contribution >= 0.6 is 21.6 Å². The lowest BCUT2D eigenvalue weighted by atomic mass is 10.2. The number of carbonyl (C=O) groups is 4. The van der Waals surface area contributed by atoms with E-state index < -0.39 is 36.2 Å². The molecule has 2 aromatic rings. The van der Waals surface area contributed by atoms with Gasteiger partial charge in [-0.25, -0.2) is 19.2 Å². The van der Waals surface area contributed by atoms with Gasteiger partial charge in [-0.1, -0.05) is 82.3 Å². The van der Waals surface area contributed by atoms with Crippen LogP contribution in [0, 0.1) is 0 Å². The first-order chi connectivity index (χ1) is 17.4. The van der Waals surface area contributed by atoms with Crippen LogP contribution in [0.4, 0.5) is 9.59 Å². The average Bonchev–Trinajstić information content (AvgIpc) is 2.91. The Labute approximate surface area is 217 Å². The molecule has 2 N–H and O–H groups in total. The van der Waals surface area contributed by atoms with E-state index in [1.54, 1.807) is 24.3 Å². The normalized spacial score (nSPS) is 11.9. The van der Waals surface area contributed by atoms with Crippen molar-refractivity contribution >= 4 is 45.7 Å². The Morgan fingerprint density at radius 3 is 1.36 bits per heavy atom. The molecule has 36 heavy (non-hydrogen) atoms. The Morgan fingerprint density at radius 1 is 0.667 bits per heavy atom. The Bertz CT molecular complexity index is 899. The molecule has 194 valence electrons. The van der Waals surface area contributed by atoms with E-state index >= 15 is 0 Å². The average molecular weight is 537 g/mol. The number of amides is 2. The number of methoxy groups -OCH3 is 2. The van der Waals surface area contributed by atoms with Gasteiger partial charge in [-0.3, -0.25) is 0 Å². The van der Waals surface area contributed by atoms with Crippen LogP contribution in [-0.4, -0.2) is 61.9 Å². The van der Waals surface area contributed by atoms with Crippen LogP contribution in [0.15, 0.2) is 60.7 Å². The number of rotatable bonds is 13. The molecule has 2 amide bonds. The van der Waals surface area contributed by atoms with Gasteiger partial charge in [0.2, 0.25) is 0 Å². The first-order valence-corrected chi connectivity index (χ1v) is 13.3. The maximum atomic E-state index is 12.1. The van der Waals surface area contributed by atoms with Crippen LogP contribution in [0.5, 0.6) is 0 Å². The highest BCUT2D eigenvalue weighted by molar-refractivity contribution is 8.76. The molecule has 0 radical (unpaired) electrons. The van der Waals surface area contributed by atoms with E-state index in [9.17, 15) is 19.2 Å². The maximum Gasteiger partial charge on any atom is 0.408 e. The van der Waals surface area contributed by atoms with Crippen LogP contribution in [0.1, 0.15) is 11.1 Å². The van der Waals surface area contributed by atoms with Crippen molar-refractivity contribution in [1.29, 1.82) is 0 Å². The van der Waals surface area contributed by atoms with Crippen molar-refractivity contribution in [3.63, 3.8) is 0 Å². The number of carbonyl (C=O) groups excluding carboxylic acids is 4. The summed E-state index contributed by atoms with van der Waals surface area (Å²) in [4.78, 5) is 48.4. The largest absolute Gasteiger partial charge is 0.467 e. The van der Waals surface area contributed by atoms with E-state index in [0.717, 1.165) is 11.1 Å². The van der Waals surface area contributed by atoms with E-state index in [-0.39, 0.29) is 24.7 Å². The number of nitrogens with one attached hydrogen (secondary N) is 2. The van der Waals surface area contributed by atoms with Crippen molar-refractivity contribution in [2.75, 3.05) is 25.7 Å². The van der Waals surface area contributed by atoms with Crippen molar-refractivity contribution in [2.24, 2.45) is 0 Å². The molecule has 2 atom stereocenters. The molecule has 0 aliphatic carbocycles. The van der Waals surface area contributed by atoms with Gasteiger partial charge < -0.3 is 29.6 Å². The van der Waals surface area contributed by atoms with Gasteiger partial charge in [0.15, 0.2) is 0 Å². The second-order valence-corrected chi connectivity index (χ2v) is 9.68. The highest BCUT2D eigenvalue weighted by atomic mass is 33.1. The highest BCUT2D eigenvalue weighted by Crippen LogP contribution is 2.24. The first kappa shape index (κ1) is 28.9. The lowest BCUT2D eigenvalue weighted by Crippen LogP contribution is -2.44. The highest BCUT2D eigenvalue weighted by Gasteiger charge is 2.25. The predicted octanol–water partition coefficient (Wildman–Crippen LogP) is 3.30. The minimum atomic E-state index is -0.976. The number of hydrogen-bond donors (Lipinski definition) is 2. The second-order valence-electron chi connectivity index (χ2n) is 7.13. The number of ether oxygens (including phenoxy) is 4. The standard InChI is InChI=1S/C24H28N2O8S2/c1-31-21(27)19(25-23(29)33-13-17-9-5-3-6-10-17)15-35-36-16-20(22(28)32-2)26-24(30)34-14-18-11-7-4-8-12-18/h3-12,19-20H,13-16H2,1-2H3,(H,25,29)(H,26,30)/t19-,20-/m0/s1. The molecule has 0 saturated carbocycles. The molecule has 0 aliphatic rings. The molecule has 2 rings (SSSR count). The van der Waals surface area contributed by atoms with Crippen molar-refractivity contribution in [3.05, 3.63) is 71.8 Å². The summed E-state index contributed by atoms with van der Waals surface area (Å²) in [6.45, 7) is 0.102.